The van der Waals surface area contributed by atoms with Crippen molar-refractivity contribution in [1.29, 1.82) is 0 Å². The Hall–Kier alpha value is -1.28. The molecule has 0 fully saturated rings. The topological polar surface area (TPSA) is 17.0 Å². The summed E-state index contributed by atoms with van der Waals surface area (Å²) in [5.74, 6) is 1.36. The molecule has 0 aliphatic carbocycles. The zero-order valence-electron chi connectivity index (χ0n) is 12.6. The maximum atomic E-state index is 3.55. The van der Waals surface area contributed by atoms with Crippen LogP contribution in [0.2, 0.25) is 0 Å². The molecule has 1 heterocycles. The van der Waals surface area contributed by atoms with E-state index in [0.717, 1.165) is 19.6 Å². The summed E-state index contributed by atoms with van der Waals surface area (Å²) in [6.45, 7) is 12.2. The van der Waals surface area contributed by atoms with Gasteiger partial charge in [0.05, 0.1) is 0 Å². The largest absolute Gasteiger partial charge is 0.343 e. The third-order valence-corrected chi connectivity index (χ3v) is 3.30. The van der Waals surface area contributed by atoms with Crippen LogP contribution in [-0.4, -0.2) is 11.1 Å². The molecule has 1 N–H and O–H groups in total. The van der Waals surface area contributed by atoms with Gasteiger partial charge in [0.25, 0.3) is 0 Å². The van der Waals surface area contributed by atoms with Crippen molar-refractivity contribution in [3.63, 3.8) is 0 Å². The highest BCUT2D eigenvalue weighted by atomic mass is 15.0. The Morgan fingerprint density at radius 2 is 1.79 bits per heavy atom. The van der Waals surface area contributed by atoms with Crippen molar-refractivity contribution in [3.05, 3.63) is 36.0 Å². The highest BCUT2D eigenvalue weighted by molar-refractivity contribution is 5.81. The standard InChI is InChI=1S/C17H26N2/c1-13(2)10-18-11-16-9-15-7-5-6-8-17(15)19(16)12-14(3)4/h5-9,13-14,18H,10-12H2,1-4H3. The molecule has 2 heteroatoms. The lowest BCUT2D eigenvalue weighted by atomic mass is 10.2. The summed E-state index contributed by atoms with van der Waals surface area (Å²) in [7, 11) is 0. The van der Waals surface area contributed by atoms with Crippen LogP contribution in [0.5, 0.6) is 0 Å². The van der Waals surface area contributed by atoms with Crippen LogP contribution >= 0.6 is 0 Å². The van der Waals surface area contributed by atoms with Gasteiger partial charge in [-0.05, 0) is 35.9 Å². The number of benzene rings is 1. The Morgan fingerprint density at radius 3 is 2.47 bits per heavy atom. The van der Waals surface area contributed by atoms with E-state index >= 15 is 0 Å². The number of nitrogens with zero attached hydrogens (tertiary/aromatic N) is 1. The molecule has 0 atom stereocenters. The average molecular weight is 258 g/mol. The predicted molar refractivity (Wildman–Crippen MR) is 83.3 cm³/mol. The molecule has 0 saturated heterocycles. The third-order valence-electron chi connectivity index (χ3n) is 3.30. The van der Waals surface area contributed by atoms with Gasteiger partial charge in [-0.2, -0.15) is 0 Å². The maximum absolute atomic E-state index is 3.55. The van der Waals surface area contributed by atoms with Gasteiger partial charge in [0.2, 0.25) is 0 Å². The second-order valence-electron chi connectivity index (χ2n) is 6.22. The van der Waals surface area contributed by atoms with Crippen LogP contribution in [0.25, 0.3) is 10.9 Å². The maximum Gasteiger partial charge on any atom is 0.0483 e. The SMILES string of the molecule is CC(C)CNCc1cc2ccccc2n1CC(C)C. The molecular formula is C17H26N2. The first-order valence-corrected chi connectivity index (χ1v) is 7.35. The van der Waals surface area contributed by atoms with Crippen LogP contribution in [0.4, 0.5) is 0 Å². The van der Waals surface area contributed by atoms with Gasteiger partial charge in [-0.25, -0.2) is 0 Å². The van der Waals surface area contributed by atoms with Gasteiger partial charge < -0.3 is 9.88 Å². The second kappa shape index (κ2) is 6.25. The molecule has 0 saturated carbocycles. The summed E-state index contributed by atoms with van der Waals surface area (Å²) in [5.41, 5.74) is 2.76. The fourth-order valence-electron chi connectivity index (χ4n) is 2.48. The van der Waals surface area contributed by atoms with E-state index in [1.165, 1.54) is 16.6 Å². The van der Waals surface area contributed by atoms with Gasteiger partial charge in [0.1, 0.15) is 0 Å². The number of hydrogen-bond acceptors (Lipinski definition) is 1. The molecule has 0 bridgehead atoms. The minimum absolute atomic E-state index is 0.666. The molecule has 2 nitrogen and oxygen atoms in total. The van der Waals surface area contributed by atoms with Crippen molar-refractivity contribution >= 4 is 10.9 Å². The zero-order chi connectivity index (χ0) is 13.8. The molecule has 2 rings (SSSR count). The summed E-state index contributed by atoms with van der Waals surface area (Å²) in [6, 6.07) is 11.0. The summed E-state index contributed by atoms with van der Waals surface area (Å²) >= 11 is 0. The van der Waals surface area contributed by atoms with E-state index in [1.54, 1.807) is 0 Å². The number of hydrogen-bond donors (Lipinski definition) is 1. The van der Waals surface area contributed by atoms with Crippen LogP contribution in [0.1, 0.15) is 33.4 Å². The fraction of sp³-hybridized carbons (Fsp3) is 0.529. The van der Waals surface area contributed by atoms with Crippen molar-refractivity contribution in [2.24, 2.45) is 11.8 Å². The lowest BCUT2D eigenvalue weighted by Gasteiger charge is -2.14. The van der Waals surface area contributed by atoms with E-state index < -0.39 is 0 Å². The normalized spacial score (nSPS) is 11.9. The summed E-state index contributed by atoms with van der Waals surface area (Å²) in [6.07, 6.45) is 0. The Bertz CT molecular complexity index is 523. The molecule has 0 aliphatic heterocycles. The summed E-state index contributed by atoms with van der Waals surface area (Å²) < 4.78 is 2.47. The van der Waals surface area contributed by atoms with Gasteiger partial charge in [0, 0.05) is 24.3 Å². The monoisotopic (exact) mass is 258 g/mol. The molecule has 19 heavy (non-hydrogen) atoms. The average Bonchev–Trinajstić information content (AvgIpc) is 2.67. The van der Waals surface area contributed by atoms with E-state index in [0.29, 0.717) is 11.8 Å². The van der Waals surface area contributed by atoms with Gasteiger partial charge in [-0.15, -0.1) is 0 Å². The highest BCUT2D eigenvalue weighted by Gasteiger charge is 2.09. The summed E-state index contributed by atoms with van der Waals surface area (Å²) in [4.78, 5) is 0. The molecule has 1 aromatic heterocycles. The van der Waals surface area contributed by atoms with Crippen LogP contribution in [0.3, 0.4) is 0 Å². The van der Waals surface area contributed by atoms with E-state index in [2.05, 4.69) is 67.9 Å². The van der Waals surface area contributed by atoms with Gasteiger partial charge >= 0.3 is 0 Å². The van der Waals surface area contributed by atoms with E-state index in [9.17, 15) is 0 Å². The van der Waals surface area contributed by atoms with Crippen LogP contribution < -0.4 is 5.32 Å². The van der Waals surface area contributed by atoms with Crippen molar-refractivity contribution < 1.29 is 0 Å². The predicted octanol–water partition coefficient (Wildman–Crippen LogP) is 4.04. The number of fused-ring (bicyclic) bond motifs is 1. The molecular weight excluding hydrogens is 232 g/mol. The quantitative estimate of drug-likeness (QED) is 0.827. The van der Waals surface area contributed by atoms with E-state index in [4.69, 9.17) is 0 Å². The van der Waals surface area contributed by atoms with Crippen molar-refractivity contribution in [3.8, 4) is 0 Å². The minimum Gasteiger partial charge on any atom is -0.343 e. The molecule has 1 aromatic carbocycles. The van der Waals surface area contributed by atoms with Crippen molar-refractivity contribution in [2.45, 2.75) is 40.8 Å². The first-order chi connectivity index (χ1) is 9.08. The summed E-state index contributed by atoms with van der Waals surface area (Å²) in [5, 5.41) is 4.91. The molecule has 2 aromatic rings. The number of rotatable bonds is 6. The first-order valence-electron chi connectivity index (χ1n) is 7.35. The van der Waals surface area contributed by atoms with Crippen LogP contribution in [0, 0.1) is 11.8 Å². The first kappa shape index (κ1) is 14.1. The Morgan fingerprint density at radius 1 is 1.05 bits per heavy atom. The molecule has 0 spiro atoms. The molecule has 0 unspecified atom stereocenters. The minimum atomic E-state index is 0.666. The zero-order valence-corrected chi connectivity index (χ0v) is 12.6. The fourth-order valence-corrected chi connectivity index (χ4v) is 2.48. The van der Waals surface area contributed by atoms with E-state index in [1.807, 2.05) is 0 Å². The van der Waals surface area contributed by atoms with Gasteiger partial charge in [-0.1, -0.05) is 45.9 Å². The second-order valence-corrected chi connectivity index (χ2v) is 6.22. The Kier molecular flexibility index (Phi) is 4.65. The van der Waals surface area contributed by atoms with E-state index in [-0.39, 0.29) is 0 Å². The number of para-hydroxylation sites is 1. The smallest absolute Gasteiger partial charge is 0.0483 e. The molecule has 0 radical (unpaired) electrons. The van der Waals surface area contributed by atoms with Gasteiger partial charge in [0.15, 0.2) is 0 Å². The van der Waals surface area contributed by atoms with Crippen molar-refractivity contribution in [2.75, 3.05) is 6.54 Å². The molecule has 104 valence electrons. The lowest BCUT2D eigenvalue weighted by Crippen LogP contribution is -2.21. The van der Waals surface area contributed by atoms with Gasteiger partial charge in [-0.3, -0.25) is 0 Å². The lowest BCUT2D eigenvalue weighted by molar-refractivity contribution is 0.498. The molecule has 0 amide bonds. The van der Waals surface area contributed by atoms with Crippen molar-refractivity contribution in [1.82, 2.24) is 9.88 Å². The Balaban J connectivity index is 2.25. The number of aromatic nitrogens is 1. The van der Waals surface area contributed by atoms with Crippen LogP contribution in [-0.2, 0) is 13.1 Å². The molecule has 0 aliphatic rings. The Labute approximate surface area is 116 Å². The van der Waals surface area contributed by atoms with Crippen LogP contribution in [0.15, 0.2) is 30.3 Å². The highest BCUT2D eigenvalue weighted by Crippen LogP contribution is 2.21. The third kappa shape index (κ3) is 3.60. The number of nitrogens with one attached hydrogen (secondary N) is 1.